The highest BCUT2D eigenvalue weighted by atomic mass is 16.4. The van der Waals surface area contributed by atoms with Crippen molar-refractivity contribution in [3.63, 3.8) is 0 Å². The summed E-state index contributed by atoms with van der Waals surface area (Å²) in [5.74, 6) is 1.15. The van der Waals surface area contributed by atoms with E-state index in [0.29, 0.717) is 12.3 Å². The van der Waals surface area contributed by atoms with Gasteiger partial charge in [0.2, 0.25) is 17.7 Å². The maximum Gasteiger partial charge on any atom is 0.243 e. The molecule has 1 unspecified atom stereocenters. The molecule has 0 saturated carbocycles. The summed E-state index contributed by atoms with van der Waals surface area (Å²) in [6.07, 6.45) is 0.411. The van der Waals surface area contributed by atoms with Crippen LogP contribution in [0.25, 0.3) is 0 Å². The second-order valence-corrected chi connectivity index (χ2v) is 6.35. The number of carbonyl (C=O) groups is 2. The standard InChI is InChI=1S/C16H27N3O3/c1-9(2)7-13(20)19-15(10(3)4)16(21)17-8-14-18-11(5)12(6)22-14/h9-10,15H,7-8H2,1-6H3,(H,17,21)(H,19,20). The molecular formula is C16H27N3O3. The second-order valence-electron chi connectivity index (χ2n) is 6.35. The van der Waals surface area contributed by atoms with Crippen LogP contribution in [0.2, 0.25) is 0 Å². The van der Waals surface area contributed by atoms with E-state index in [1.807, 2.05) is 41.5 Å². The fourth-order valence-corrected chi connectivity index (χ4v) is 2.03. The number of oxazole rings is 1. The van der Waals surface area contributed by atoms with Crippen molar-refractivity contribution in [2.45, 2.75) is 60.5 Å². The first-order valence-corrected chi connectivity index (χ1v) is 7.70. The Morgan fingerprint density at radius 2 is 1.82 bits per heavy atom. The maximum atomic E-state index is 12.3. The summed E-state index contributed by atoms with van der Waals surface area (Å²) in [6.45, 7) is 11.6. The van der Waals surface area contributed by atoms with E-state index >= 15 is 0 Å². The first-order valence-electron chi connectivity index (χ1n) is 7.70. The topological polar surface area (TPSA) is 84.2 Å². The Labute approximate surface area is 132 Å². The lowest BCUT2D eigenvalue weighted by molar-refractivity contribution is -0.130. The van der Waals surface area contributed by atoms with Crippen molar-refractivity contribution in [3.8, 4) is 0 Å². The molecule has 6 heteroatoms. The molecule has 1 aromatic rings. The zero-order valence-electron chi connectivity index (χ0n) is 14.3. The van der Waals surface area contributed by atoms with E-state index in [1.54, 1.807) is 0 Å². The van der Waals surface area contributed by atoms with Crippen molar-refractivity contribution in [3.05, 3.63) is 17.3 Å². The van der Waals surface area contributed by atoms with Gasteiger partial charge >= 0.3 is 0 Å². The Balaban J connectivity index is 2.59. The molecule has 0 saturated heterocycles. The summed E-state index contributed by atoms with van der Waals surface area (Å²) < 4.78 is 5.43. The number of aryl methyl sites for hydroxylation is 2. The molecule has 0 radical (unpaired) electrons. The summed E-state index contributed by atoms with van der Waals surface area (Å²) in [4.78, 5) is 28.4. The lowest BCUT2D eigenvalue weighted by Gasteiger charge is -2.21. The van der Waals surface area contributed by atoms with Crippen molar-refractivity contribution in [2.24, 2.45) is 11.8 Å². The Bertz CT molecular complexity index is 501. The fourth-order valence-electron chi connectivity index (χ4n) is 2.03. The van der Waals surface area contributed by atoms with Crippen LogP contribution in [0.1, 0.15) is 51.5 Å². The first-order chi connectivity index (χ1) is 10.2. The highest BCUT2D eigenvalue weighted by molar-refractivity contribution is 5.87. The maximum absolute atomic E-state index is 12.3. The van der Waals surface area contributed by atoms with Gasteiger partial charge in [-0.05, 0) is 25.7 Å². The van der Waals surface area contributed by atoms with E-state index in [9.17, 15) is 9.59 Å². The van der Waals surface area contributed by atoms with Crippen LogP contribution in [0, 0.1) is 25.7 Å². The summed E-state index contributed by atoms with van der Waals surface area (Å²) in [6, 6.07) is -0.552. The molecule has 1 rings (SSSR count). The van der Waals surface area contributed by atoms with E-state index in [4.69, 9.17) is 4.42 Å². The molecule has 6 nitrogen and oxygen atoms in total. The van der Waals surface area contributed by atoms with Gasteiger partial charge in [0.25, 0.3) is 0 Å². The third-order valence-electron chi connectivity index (χ3n) is 3.35. The van der Waals surface area contributed by atoms with E-state index in [2.05, 4.69) is 15.6 Å². The van der Waals surface area contributed by atoms with Crippen LogP contribution < -0.4 is 10.6 Å². The molecule has 1 aromatic heterocycles. The molecule has 0 aliphatic carbocycles. The minimum Gasteiger partial charge on any atom is -0.444 e. The fraction of sp³-hybridized carbons (Fsp3) is 0.688. The lowest BCUT2D eigenvalue weighted by atomic mass is 10.0. The molecule has 2 amide bonds. The normalized spacial score (nSPS) is 12.5. The number of hydrogen-bond acceptors (Lipinski definition) is 4. The van der Waals surface area contributed by atoms with Gasteiger partial charge in [-0.25, -0.2) is 4.98 Å². The molecule has 0 bridgehead atoms. The Kier molecular flexibility index (Phi) is 6.59. The average Bonchev–Trinajstić information content (AvgIpc) is 2.71. The Morgan fingerprint density at radius 3 is 2.27 bits per heavy atom. The first kappa shape index (κ1) is 18.2. The summed E-state index contributed by atoms with van der Waals surface area (Å²) in [5.41, 5.74) is 0.815. The molecule has 0 aliphatic heterocycles. The van der Waals surface area contributed by atoms with E-state index in [-0.39, 0.29) is 30.2 Å². The van der Waals surface area contributed by atoms with Crippen LogP contribution in [0.5, 0.6) is 0 Å². The van der Waals surface area contributed by atoms with Crippen molar-refractivity contribution in [1.29, 1.82) is 0 Å². The lowest BCUT2D eigenvalue weighted by Crippen LogP contribution is -2.49. The third-order valence-corrected chi connectivity index (χ3v) is 3.35. The predicted octanol–water partition coefficient (Wildman–Crippen LogP) is 2.09. The highest BCUT2D eigenvalue weighted by Crippen LogP contribution is 2.09. The van der Waals surface area contributed by atoms with Gasteiger partial charge < -0.3 is 15.1 Å². The molecule has 2 N–H and O–H groups in total. The van der Waals surface area contributed by atoms with E-state index < -0.39 is 6.04 Å². The number of aromatic nitrogens is 1. The number of hydrogen-bond donors (Lipinski definition) is 2. The van der Waals surface area contributed by atoms with Crippen molar-refractivity contribution < 1.29 is 14.0 Å². The third kappa shape index (κ3) is 5.50. The minimum atomic E-state index is -0.552. The van der Waals surface area contributed by atoms with Gasteiger partial charge in [-0.1, -0.05) is 27.7 Å². The number of nitrogens with one attached hydrogen (secondary N) is 2. The van der Waals surface area contributed by atoms with E-state index in [1.165, 1.54) is 0 Å². The molecule has 124 valence electrons. The zero-order valence-corrected chi connectivity index (χ0v) is 14.3. The molecule has 0 fully saturated rings. The van der Waals surface area contributed by atoms with Crippen LogP contribution in [0.15, 0.2) is 4.42 Å². The van der Waals surface area contributed by atoms with Crippen LogP contribution in [0.4, 0.5) is 0 Å². The van der Waals surface area contributed by atoms with Crippen molar-refractivity contribution in [2.75, 3.05) is 0 Å². The summed E-state index contributed by atoms with van der Waals surface area (Å²) in [7, 11) is 0. The summed E-state index contributed by atoms with van der Waals surface area (Å²) in [5, 5.41) is 5.57. The molecule has 0 spiro atoms. The molecule has 22 heavy (non-hydrogen) atoms. The molecule has 1 atom stereocenters. The molecular weight excluding hydrogens is 282 g/mol. The van der Waals surface area contributed by atoms with Crippen LogP contribution in [-0.4, -0.2) is 22.8 Å². The van der Waals surface area contributed by atoms with Gasteiger partial charge in [0.15, 0.2) is 0 Å². The smallest absolute Gasteiger partial charge is 0.243 e. The van der Waals surface area contributed by atoms with Gasteiger partial charge in [-0.2, -0.15) is 0 Å². The SMILES string of the molecule is Cc1nc(CNC(=O)C(NC(=O)CC(C)C)C(C)C)oc1C. The van der Waals surface area contributed by atoms with Crippen LogP contribution in [-0.2, 0) is 16.1 Å². The van der Waals surface area contributed by atoms with Gasteiger partial charge in [0, 0.05) is 6.42 Å². The van der Waals surface area contributed by atoms with Gasteiger partial charge in [0.1, 0.15) is 11.8 Å². The number of nitrogens with zero attached hydrogens (tertiary/aromatic N) is 1. The molecule has 0 aromatic carbocycles. The van der Waals surface area contributed by atoms with Crippen LogP contribution in [0.3, 0.4) is 0 Å². The number of rotatable bonds is 7. The largest absolute Gasteiger partial charge is 0.444 e. The highest BCUT2D eigenvalue weighted by Gasteiger charge is 2.24. The number of amides is 2. The second kappa shape index (κ2) is 7.96. The molecule has 1 heterocycles. The number of carbonyl (C=O) groups excluding carboxylic acids is 2. The molecule has 0 aliphatic rings. The zero-order chi connectivity index (χ0) is 16.9. The van der Waals surface area contributed by atoms with Gasteiger partial charge in [-0.3, -0.25) is 9.59 Å². The summed E-state index contributed by atoms with van der Waals surface area (Å²) >= 11 is 0. The monoisotopic (exact) mass is 309 g/mol. The van der Waals surface area contributed by atoms with Gasteiger partial charge in [-0.15, -0.1) is 0 Å². The van der Waals surface area contributed by atoms with E-state index in [0.717, 1.165) is 11.5 Å². The Hall–Kier alpha value is -1.85. The Morgan fingerprint density at radius 1 is 1.18 bits per heavy atom. The predicted molar refractivity (Wildman–Crippen MR) is 84.0 cm³/mol. The average molecular weight is 309 g/mol. The van der Waals surface area contributed by atoms with Crippen molar-refractivity contribution in [1.82, 2.24) is 15.6 Å². The quantitative estimate of drug-likeness (QED) is 0.808. The minimum absolute atomic E-state index is 0.00384. The van der Waals surface area contributed by atoms with Gasteiger partial charge in [0.05, 0.1) is 12.2 Å². The van der Waals surface area contributed by atoms with Crippen molar-refractivity contribution >= 4 is 11.8 Å². The van der Waals surface area contributed by atoms with Crippen LogP contribution >= 0.6 is 0 Å².